The van der Waals surface area contributed by atoms with E-state index in [0.717, 1.165) is 37.6 Å². The minimum atomic E-state index is 0. The van der Waals surface area contributed by atoms with E-state index < -0.39 is 0 Å². The molecule has 0 bridgehead atoms. The van der Waals surface area contributed by atoms with Crippen LogP contribution in [-0.2, 0) is 17.9 Å². The third kappa shape index (κ3) is 6.66. The third-order valence-electron chi connectivity index (χ3n) is 5.21. The zero-order valence-corrected chi connectivity index (χ0v) is 21.0. The number of halogens is 2. The Labute approximate surface area is 210 Å². The van der Waals surface area contributed by atoms with Gasteiger partial charge in [0.1, 0.15) is 0 Å². The number of aromatic nitrogens is 2. The first-order chi connectivity index (χ1) is 15.2. The van der Waals surface area contributed by atoms with Crippen LogP contribution in [0.4, 0.5) is 0 Å². The van der Waals surface area contributed by atoms with Gasteiger partial charge in [-0.25, -0.2) is 0 Å². The van der Waals surface area contributed by atoms with E-state index in [4.69, 9.17) is 20.9 Å². The summed E-state index contributed by atoms with van der Waals surface area (Å²) in [6.45, 7) is 3.65. The van der Waals surface area contributed by atoms with Gasteiger partial charge >= 0.3 is 0 Å². The molecular formula is C23H27ClIN5O2. The molecule has 3 aromatic rings. The van der Waals surface area contributed by atoms with Gasteiger partial charge in [-0.3, -0.25) is 4.99 Å². The van der Waals surface area contributed by atoms with Crippen LogP contribution in [-0.4, -0.2) is 47.7 Å². The van der Waals surface area contributed by atoms with Crippen LogP contribution >= 0.6 is 35.6 Å². The number of aliphatic imine (C=N–C) groups is 1. The van der Waals surface area contributed by atoms with Crippen LogP contribution in [0.5, 0.6) is 0 Å². The van der Waals surface area contributed by atoms with Crippen molar-refractivity contribution < 1.29 is 9.26 Å². The van der Waals surface area contributed by atoms with Crippen LogP contribution in [0.25, 0.3) is 11.4 Å². The quantitative estimate of drug-likeness (QED) is 0.255. The van der Waals surface area contributed by atoms with Crippen molar-refractivity contribution in [1.82, 2.24) is 20.4 Å². The fraction of sp³-hybridized carbons (Fsp3) is 0.348. The lowest BCUT2D eigenvalue weighted by molar-refractivity contribution is 0.0906. The molecule has 170 valence electrons. The summed E-state index contributed by atoms with van der Waals surface area (Å²) in [7, 11) is 1.78. The summed E-state index contributed by atoms with van der Waals surface area (Å²) in [6, 6.07) is 17.6. The smallest absolute Gasteiger partial charge is 0.246 e. The Balaban J connectivity index is 0.00000289. The SMILES string of the molecule is CN=C(NCc1nc(-c2cccc(Cl)c2)no1)N1CCC(COCc2ccccc2)C1.I. The largest absolute Gasteiger partial charge is 0.376 e. The molecule has 1 unspecified atom stereocenters. The molecule has 1 aliphatic heterocycles. The summed E-state index contributed by atoms with van der Waals surface area (Å²) in [5.74, 6) is 2.33. The Bertz CT molecular complexity index is 1010. The summed E-state index contributed by atoms with van der Waals surface area (Å²) in [5.41, 5.74) is 2.02. The zero-order valence-electron chi connectivity index (χ0n) is 17.9. The van der Waals surface area contributed by atoms with E-state index in [0.29, 0.717) is 35.8 Å². The van der Waals surface area contributed by atoms with Crippen molar-refractivity contribution in [3.05, 3.63) is 71.1 Å². The van der Waals surface area contributed by atoms with Gasteiger partial charge in [-0.05, 0) is 24.1 Å². The summed E-state index contributed by atoms with van der Waals surface area (Å²) in [4.78, 5) is 11.1. The Morgan fingerprint density at radius 2 is 2.09 bits per heavy atom. The van der Waals surface area contributed by atoms with Crippen LogP contribution in [0.1, 0.15) is 17.9 Å². The Morgan fingerprint density at radius 1 is 1.25 bits per heavy atom. The van der Waals surface area contributed by atoms with Crippen molar-refractivity contribution in [3.8, 4) is 11.4 Å². The molecular weight excluding hydrogens is 541 g/mol. The second kappa shape index (κ2) is 12.2. The fourth-order valence-electron chi connectivity index (χ4n) is 3.64. The maximum atomic E-state index is 6.04. The van der Waals surface area contributed by atoms with Gasteiger partial charge in [0, 0.05) is 36.6 Å². The third-order valence-corrected chi connectivity index (χ3v) is 5.45. The lowest BCUT2D eigenvalue weighted by Crippen LogP contribution is -2.39. The standard InChI is InChI=1S/C23H26ClN5O2.HI/c1-25-23(26-13-21-27-22(28-31-21)19-8-5-9-20(24)12-19)29-11-10-18(14-29)16-30-15-17-6-3-2-4-7-17;/h2-9,12,18H,10-11,13-16H2,1H3,(H,25,26);1H. The van der Waals surface area contributed by atoms with Gasteiger partial charge < -0.3 is 19.5 Å². The molecule has 1 aliphatic rings. The lowest BCUT2D eigenvalue weighted by atomic mass is 10.1. The second-order valence-corrected chi connectivity index (χ2v) is 7.96. The van der Waals surface area contributed by atoms with Gasteiger partial charge in [0.25, 0.3) is 0 Å². The van der Waals surface area contributed by atoms with E-state index in [2.05, 4.69) is 37.5 Å². The minimum Gasteiger partial charge on any atom is -0.376 e. The first-order valence-corrected chi connectivity index (χ1v) is 10.7. The Hall–Kier alpha value is -2.17. The molecule has 0 spiro atoms. The first-order valence-electron chi connectivity index (χ1n) is 10.4. The Morgan fingerprint density at radius 3 is 2.88 bits per heavy atom. The number of guanidine groups is 1. The zero-order chi connectivity index (χ0) is 21.5. The molecule has 0 amide bonds. The summed E-state index contributed by atoms with van der Waals surface area (Å²) < 4.78 is 11.3. The highest BCUT2D eigenvalue weighted by molar-refractivity contribution is 14.0. The molecule has 0 aliphatic carbocycles. The number of hydrogen-bond acceptors (Lipinski definition) is 5. The maximum Gasteiger partial charge on any atom is 0.246 e. The van der Waals surface area contributed by atoms with Crippen molar-refractivity contribution in [1.29, 1.82) is 0 Å². The van der Waals surface area contributed by atoms with Crippen molar-refractivity contribution in [3.63, 3.8) is 0 Å². The van der Waals surface area contributed by atoms with E-state index in [1.54, 1.807) is 7.05 Å². The number of hydrogen-bond donors (Lipinski definition) is 1. The van der Waals surface area contributed by atoms with Crippen LogP contribution in [0.2, 0.25) is 5.02 Å². The van der Waals surface area contributed by atoms with Crippen molar-refractivity contribution >= 4 is 41.5 Å². The van der Waals surface area contributed by atoms with Crippen LogP contribution in [0.3, 0.4) is 0 Å². The lowest BCUT2D eigenvalue weighted by Gasteiger charge is -2.21. The molecule has 32 heavy (non-hydrogen) atoms. The molecule has 0 radical (unpaired) electrons. The van der Waals surface area contributed by atoms with E-state index in [9.17, 15) is 0 Å². The normalized spacial score (nSPS) is 16.1. The van der Waals surface area contributed by atoms with Crippen LogP contribution in [0.15, 0.2) is 64.1 Å². The number of nitrogens with one attached hydrogen (secondary N) is 1. The van der Waals surface area contributed by atoms with Crippen molar-refractivity contribution in [2.75, 3.05) is 26.7 Å². The average Bonchev–Trinajstić information content (AvgIpc) is 3.45. The van der Waals surface area contributed by atoms with E-state index >= 15 is 0 Å². The molecule has 1 saturated heterocycles. The van der Waals surface area contributed by atoms with Gasteiger partial charge in [-0.2, -0.15) is 4.98 Å². The molecule has 1 atom stereocenters. The Kier molecular flexibility index (Phi) is 9.31. The molecule has 4 rings (SSSR count). The molecule has 1 aromatic heterocycles. The van der Waals surface area contributed by atoms with Gasteiger partial charge in [0.15, 0.2) is 5.96 Å². The highest BCUT2D eigenvalue weighted by atomic mass is 127. The molecule has 1 N–H and O–H groups in total. The van der Waals surface area contributed by atoms with Crippen molar-refractivity contribution in [2.45, 2.75) is 19.6 Å². The average molecular weight is 568 g/mol. The molecule has 7 nitrogen and oxygen atoms in total. The molecule has 1 fully saturated rings. The van der Waals surface area contributed by atoms with Gasteiger partial charge in [0.05, 0.1) is 19.8 Å². The van der Waals surface area contributed by atoms with Crippen molar-refractivity contribution in [2.24, 2.45) is 10.9 Å². The van der Waals surface area contributed by atoms with Gasteiger partial charge in [0.2, 0.25) is 11.7 Å². The number of likely N-dealkylation sites (tertiary alicyclic amines) is 1. The van der Waals surface area contributed by atoms with E-state index in [-0.39, 0.29) is 24.0 Å². The van der Waals surface area contributed by atoms with E-state index in [1.165, 1.54) is 5.56 Å². The highest BCUT2D eigenvalue weighted by Crippen LogP contribution is 2.20. The minimum absolute atomic E-state index is 0. The van der Waals surface area contributed by atoms with Gasteiger partial charge in [-0.1, -0.05) is 59.2 Å². The van der Waals surface area contributed by atoms with Gasteiger partial charge in [-0.15, -0.1) is 24.0 Å². The predicted octanol–water partition coefficient (Wildman–Crippen LogP) is 4.62. The number of rotatable bonds is 7. The van der Waals surface area contributed by atoms with E-state index in [1.807, 2.05) is 42.5 Å². The van der Waals surface area contributed by atoms with Crippen LogP contribution in [0, 0.1) is 5.92 Å². The topological polar surface area (TPSA) is 75.8 Å². The summed E-state index contributed by atoms with van der Waals surface area (Å²) in [6.07, 6.45) is 1.08. The monoisotopic (exact) mass is 567 g/mol. The number of nitrogens with zero attached hydrogens (tertiary/aromatic N) is 4. The first kappa shape index (κ1) is 24.5. The molecule has 0 saturated carbocycles. The highest BCUT2D eigenvalue weighted by Gasteiger charge is 2.25. The second-order valence-electron chi connectivity index (χ2n) is 7.52. The maximum absolute atomic E-state index is 6.04. The summed E-state index contributed by atoms with van der Waals surface area (Å²) >= 11 is 6.04. The molecule has 2 aromatic carbocycles. The molecule has 9 heteroatoms. The molecule has 2 heterocycles. The predicted molar refractivity (Wildman–Crippen MR) is 136 cm³/mol. The van der Waals surface area contributed by atoms with Crippen LogP contribution < -0.4 is 5.32 Å². The number of ether oxygens (including phenoxy) is 1. The summed E-state index contributed by atoms with van der Waals surface area (Å²) in [5, 5.41) is 8.00. The fourth-order valence-corrected chi connectivity index (χ4v) is 3.83. The number of benzene rings is 2.